The molecule has 1 rings (SSSR count). The molecule has 2 unspecified atom stereocenters. The molecule has 0 spiro atoms. The summed E-state index contributed by atoms with van der Waals surface area (Å²) < 4.78 is 0. The fourth-order valence-electron chi connectivity index (χ4n) is 2.58. The van der Waals surface area contributed by atoms with Crippen molar-refractivity contribution in [3.8, 4) is 0 Å². The van der Waals surface area contributed by atoms with Gasteiger partial charge in [-0.05, 0) is 13.3 Å². The van der Waals surface area contributed by atoms with Crippen LogP contribution in [0, 0.1) is 11.3 Å². The van der Waals surface area contributed by atoms with Gasteiger partial charge in [-0.2, -0.15) is 0 Å². The van der Waals surface area contributed by atoms with Crippen LogP contribution in [0.5, 0.6) is 0 Å². The van der Waals surface area contributed by atoms with Crippen molar-refractivity contribution in [1.82, 2.24) is 0 Å². The minimum absolute atomic E-state index is 0.212. The van der Waals surface area contributed by atoms with Gasteiger partial charge in [-0.15, -0.1) is 0 Å². The molecule has 0 heterocycles. The van der Waals surface area contributed by atoms with E-state index in [-0.39, 0.29) is 5.57 Å². The molecule has 0 bridgehead atoms. The zero-order chi connectivity index (χ0) is 14.5. The third-order valence-electron chi connectivity index (χ3n) is 3.87. The quantitative estimate of drug-likeness (QED) is 0.694. The fraction of sp³-hybridized carbons (Fsp3) is 0.600. The van der Waals surface area contributed by atoms with Crippen LogP contribution in [0.1, 0.15) is 46.0 Å². The molecule has 0 aromatic carbocycles. The van der Waals surface area contributed by atoms with Gasteiger partial charge in [0.25, 0.3) is 0 Å². The van der Waals surface area contributed by atoms with E-state index in [1.807, 2.05) is 0 Å². The molecule has 0 aromatic rings. The molecule has 0 amide bonds. The molecule has 2 N–H and O–H groups in total. The Labute approximate surface area is 113 Å². The molecule has 0 radical (unpaired) electrons. The van der Waals surface area contributed by atoms with Crippen molar-refractivity contribution in [1.29, 1.82) is 0 Å². The Hall–Kier alpha value is -1.58. The van der Waals surface area contributed by atoms with Crippen molar-refractivity contribution in [2.75, 3.05) is 0 Å². The molecule has 2 atom stereocenters. The number of hydrogen-bond donors (Lipinski definition) is 2. The van der Waals surface area contributed by atoms with Crippen molar-refractivity contribution >= 4 is 11.9 Å². The number of carbonyl (C=O) groups is 2. The summed E-state index contributed by atoms with van der Waals surface area (Å²) in [6.45, 7) is 3.71. The van der Waals surface area contributed by atoms with E-state index in [4.69, 9.17) is 0 Å². The highest BCUT2D eigenvalue weighted by Gasteiger charge is 2.43. The summed E-state index contributed by atoms with van der Waals surface area (Å²) in [5.41, 5.74) is -0.904. The Bertz CT molecular complexity index is 408. The van der Waals surface area contributed by atoms with E-state index >= 15 is 0 Å². The second-order valence-electron chi connectivity index (χ2n) is 5.28. The van der Waals surface area contributed by atoms with Crippen LogP contribution >= 0.6 is 0 Å². The molecular weight excluding hydrogens is 244 g/mol. The van der Waals surface area contributed by atoms with Gasteiger partial charge in [0, 0.05) is 11.5 Å². The molecule has 0 aliphatic heterocycles. The molecule has 1 aliphatic carbocycles. The van der Waals surface area contributed by atoms with Crippen molar-refractivity contribution in [3.63, 3.8) is 0 Å². The largest absolute Gasteiger partial charge is 0.481 e. The number of allylic oxidation sites excluding steroid dienone is 2. The number of carboxylic acid groups (broad SMARTS) is 2. The second kappa shape index (κ2) is 6.55. The Morgan fingerprint density at radius 2 is 1.95 bits per heavy atom. The van der Waals surface area contributed by atoms with E-state index in [0.29, 0.717) is 6.42 Å². The molecule has 0 fully saturated rings. The predicted octanol–water partition coefficient (Wildman–Crippen LogP) is 3.24. The number of hydrogen-bond acceptors (Lipinski definition) is 2. The van der Waals surface area contributed by atoms with Crippen LogP contribution in [0.2, 0.25) is 0 Å². The number of carboxylic acids is 2. The van der Waals surface area contributed by atoms with Gasteiger partial charge < -0.3 is 10.2 Å². The van der Waals surface area contributed by atoms with Crippen molar-refractivity contribution in [3.05, 3.63) is 23.8 Å². The van der Waals surface area contributed by atoms with Gasteiger partial charge in [-0.25, -0.2) is 4.79 Å². The molecule has 4 heteroatoms. The van der Waals surface area contributed by atoms with Crippen LogP contribution in [-0.2, 0) is 9.59 Å². The minimum atomic E-state index is -1.12. The van der Waals surface area contributed by atoms with Gasteiger partial charge in [-0.3, -0.25) is 4.79 Å². The maximum atomic E-state index is 11.5. The zero-order valence-corrected chi connectivity index (χ0v) is 11.6. The summed E-state index contributed by atoms with van der Waals surface area (Å²) in [6, 6.07) is 0. The summed E-state index contributed by atoms with van der Waals surface area (Å²) in [5.74, 6) is -2.43. The Morgan fingerprint density at radius 3 is 2.47 bits per heavy atom. The highest BCUT2D eigenvalue weighted by atomic mass is 16.4. The predicted molar refractivity (Wildman–Crippen MR) is 72.9 cm³/mol. The molecule has 106 valence electrons. The normalized spacial score (nSPS) is 26.0. The van der Waals surface area contributed by atoms with Crippen molar-refractivity contribution in [2.24, 2.45) is 11.3 Å². The van der Waals surface area contributed by atoms with Gasteiger partial charge in [0.2, 0.25) is 0 Å². The summed E-state index contributed by atoms with van der Waals surface area (Å²) in [7, 11) is 0. The third-order valence-corrected chi connectivity index (χ3v) is 3.87. The molecule has 19 heavy (non-hydrogen) atoms. The fourth-order valence-corrected chi connectivity index (χ4v) is 2.58. The molecular formula is C15H22O4. The van der Waals surface area contributed by atoms with Gasteiger partial charge in [0.1, 0.15) is 0 Å². The first-order valence-corrected chi connectivity index (χ1v) is 6.79. The summed E-state index contributed by atoms with van der Waals surface area (Å²) in [4.78, 5) is 22.7. The topological polar surface area (TPSA) is 74.6 Å². The standard InChI is InChI=1S/C15H22O4/c1-3-4-5-6-9-12-11(13(16)17)8-7-10-15(12,2)14(18)19/h7-8,10,12H,3-6,9H2,1-2H3,(H,16,17)(H,18,19). The van der Waals surface area contributed by atoms with E-state index in [9.17, 15) is 19.8 Å². The lowest BCUT2D eigenvalue weighted by molar-refractivity contribution is -0.148. The average molecular weight is 266 g/mol. The molecule has 4 nitrogen and oxygen atoms in total. The summed E-state index contributed by atoms with van der Waals surface area (Å²) >= 11 is 0. The first-order chi connectivity index (χ1) is 8.93. The maximum Gasteiger partial charge on any atom is 0.331 e. The van der Waals surface area contributed by atoms with Gasteiger partial charge in [-0.1, -0.05) is 50.8 Å². The van der Waals surface area contributed by atoms with E-state index < -0.39 is 23.3 Å². The molecule has 0 saturated carbocycles. The van der Waals surface area contributed by atoms with E-state index in [0.717, 1.165) is 25.7 Å². The number of unbranched alkanes of at least 4 members (excludes halogenated alkanes) is 3. The van der Waals surface area contributed by atoms with E-state index in [1.54, 1.807) is 19.1 Å². The Morgan fingerprint density at radius 1 is 1.26 bits per heavy atom. The van der Waals surface area contributed by atoms with Crippen LogP contribution in [0.4, 0.5) is 0 Å². The van der Waals surface area contributed by atoms with E-state index in [2.05, 4.69) is 6.92 Å². The van der Waals surface area contributed by atoms with Crippen LogP contribution in [0.15, 0.2) is 23.8 Å². The molecule has 1 aliphatic rings. The van der Waals surface area contributed by atoms with Crippen LogP contribution in [0.25, 0.3) is 0 Å². The zero-order valence-electron chi connectivity index (χ0n) is 11.6. The lowest BCUT2D eigenvalue weighted by atomic mass is 9.68. The molecule has 0 aromatic heterocycles. The Balaban J connectivity index is 2.88. The van der Waals surface area contributed by atoms with Gasteiger partial charge in [0.15, 0.2) is 0 Å². The van der Waals surface area contributed by atoms with Crippen LogP contribution in [0.3, 0.4) is 0 Å². The minimum Gasteiger partial charge on any atom is -0.481 e. The third kappa shape index (κ3) is 3.46. The highest BCUT2D eigenvalue weighted by molar-refractivity contribution is 5.91. The van der Waals surface area contributed by atoms with E-state index in [1.165, 1.54) is 6.08 Å². The summed E-state index contributed by atoms with van der Waals surface area (Å²) in [5, 5.41) is 18.6. The Kier molecular flexibility index (Phi) is 5.33. The van der Waals surface area contributed by atoms with Gasteiger partial charge >= 0.3 is 11.9 Å². The van der Waals surface area contributed by atoms with Gasteiger partial charge in [0.05, 0.1) is 5.41 Å². The smallest absolute Gasteiger partial charge is 0.331 e. The first-order valence-electron chi connectivity index (χ1n) is 6.79. The first kappa shape index (κ1) is 15.5. The SMILES string of the molecule is CCCCCCC1C(C(=O)O)=CC=CC1(C)C(=O)O. The van der Waals surface area contributed by atoms with Crippen molar-refractivity contribution < 1.29 is 19.8 Å². The van der Waals surface area contributed by atoms with Crippen LogP contribution < -0.4 is 0 Å². The molecule has 0 saturated heterocycles. The number of aliphatic carboxylic acids is 2. The summed E-state index contributed by atoms with van der Waals surface area (Å²) in [6.07, 6.45) is 9.34. The lowest BCUT2D eigenvalue weighted by Crippen LogP contribution is -2.38. The lowest BCUT2D eigenvalue weighted by Gasteiger charge is -2.34. The number of rotatable bonds is 7. The highest BCUT2D eigenvalue weighted by Crippen LogP contribution is 2.41. The monoisotopic (exact) mass is 266 g/mol. The van der Waals surface area contributed by atoms with Crippen LogP contribution in [-0.4, -0.2) is 22.2 Å². The van der Waals surface area contributed by atoms with Crippen molar-refractivity contribution in [2.45, 2.75) is 46.0 Å². The maximum absolute atomic E-state index is 11.5. The second-order valence-corrected chi connectivity index (χ2v) is 5.28. The average Bonchev–Trinajstić information content (AvgIpc) is 2.35.